The van der Waals surface area contributed by atoms with E-state index in [2.05, 4.69) is 55.9 Å². The van der Waals surface area contributed by atoms with E-state index in [1.54, 1.807) is 0 Å². The number of fused-ring (bicyclic) bond motifs is 1. The molecule has 0 atom stereocenters. The van der Waals surface area contributed by atoms with Crippen LogP contribution >= 0.6 is 0 Å². The number of ether oxygens (including phenoxy) is 1. The van der Waals surface area contributed by atoms with Crippen molar-refractivity contribution in [2.75, 3.05) is 37.6 Å². The topological polar surface area (TPSA) is 87.3 Å². The van der Waals surface area contributed by atoms with Gasteiger partial charge in [-0.2, -0.15) is 5.26 Å². The van der Waals surface area contributed by atoms with E-state index in [0.29, 0.717) is 32.3 Å². The number of nitrogens with one attached hydrogen (secondary N) is 1. The maximum atomic E-state index is 12.4. The molecule has 158 valence electrons. The predicted octanol–water partition coefficient (Wildman–Crippen LogP) is 0.406. The summed E-state index contributed by atoms with van der Waals surface area (Å²) in [6, 6.07) is 2.88. The summed E-state index contributed by atoms with van der Waals surface area (Å²) in [5, 5.41) is 12.1. The van der Waals surface area contributed by atoms with Gasteiger partial charge in [-0.3, -0.25) is 9.69 Å². The molecule has 7 heteroatoms. The summed E-state index contributed by atoms with van der Waals surface area (Å²) in [6.45, 7) is 14.4. The molecule has 1 fully saturated rings. The molecule has 0 unspecified atom stereocenters. The number of piperazine rings is 1. The summed E-state index contributed by atoms with van der Waals surface area (Å²) in [7, 11) is 0. The molecule has 2 aliphatic rings. The quantitative estimate of drug-likeness (QED) is 0.774. The van der Waals surface area contributed by atoms with Crippen molar-refractivity contribution in [2.45, 2.75) is 65.7 Å². The second kappa shape index (κ2) is 8.68. The minimum Gasteiger partial charge on any atom is -0.370 e. The number of pyridine rings is 1. The Hall–Kier alpha value is -2.17. The lowest BCUT2D eigenvalue weighted by atomic mass is 9.87. The standard InChI is InChI=1S/C22H33N5O2/c1-6-19-18-14-29-22(4,5)11-16(18)17(12-23)21(25-19)27-9-7-26(8-10-27)20(28)13-24-15(2)3/h15,24H,6-11,13-14H2,1-5H3/p+2. The van der Waals surface area contributed by atoms with Crippen molar-refractivity contribution in [1.29, 1.82) is 5.26 Å². The molecule has 3 rings (SSSR count). The summed E-state index contributed by atoms with van der Waals surface area (Å²) < 4.78 is 6.01. The van der Waals surface area contributed by atoms with Crippen LogP contribution in [0.15, 0.2) is 0 Å². The highest BCUT2D eigenvalue weighted by Gasteiger charge is 2.36. The van der Waals surface area contributed by atoms with Gasteiger partial charge in [-0.1, -0.05) is 6.92 Å². The molecule has 0 bridgehead atoms. The first-order chi connectivity index (χ1) is 13.8. The monoisotopic (exact) mass is 401 g/mol. The average molecular weight is 402 g/mol. The average Bonchev–Trinajstić information content (AvgIpc) is 2.70. The fourth-order valence-electron chi connectivity index (χ4n) is 4.17. The van der Waals surface area contributed by atoms with Gasteiger partial charge in [0.2, 0.25) is 0 Å². The molecule has 1 aromatic rings. The SMILES string of the molecule is CCc1[nH+]c(N2CCN(C(=O)C[NH2+]C(C)C)CC2)c(C#N)c2c1COC(C)(C)C2. The Morgan fingerprint density at radius 3 is 2.55 bits per heavy atom. The Morgan fingerprint density at radius 1 is 1.28 bits per heavy atom. The van der Waals surface area contributed by atoms with Gasteiger partial charge in [-0.15, -0.1) is 0 Å². The summed E-state index contributed by atoms with van der Waals surface area (Å²) in [6.07, 6.45) is 1.61. The molecule has 3 heterocycles. The Bertz CT molecular complexity index is 804. The number of hydrogen-bond acceptors (Lipinski definition) is 4. The van der Waals surface area contributed by atoms with E-state index in [0.717, 1.165) is 54.1 Å². The number of hydrogen-bond donors (Lipinski definition) is 1. The summed E-state index contributed by atoms with van der Waals surface area (Å²) in [5.74, 6) is 1.10. The number of amides is 1. The number of H-pyrrole nitrogens is 1. The molecule has 7 nitrogen and oxygen atoms in total. The van der Waals surface area contributed by atoms with E-state index in [-0.39, 0.29) is 11.5 Å². The van der Waals surface area contributed by atoms with E-state index < -0.39 is 0 Å². The van der Waals surface area contributed by atoms with Crippen LogP contribution in [0, 0.1) is 11.3 Å². The lowest BCUT2D eigenvalue weighted by molar-refractivity contribution is -0.673. The molecule has 1 amide bonds. The zero-order valence-electron chi connectivity index (χ0n) is 18.5. The Kier molecular flexibility index (Phi) is 6.45. The van der Waals surface area contributed by atoms with Gasteiger partial charge in [0.25, 0.3) is 11.7 Å². The lowest BCUT2D eigenvalue weighted by Gasteiger charge is -2.34. The van der Waals surface area contributed by atoms with Crippen LogP contribution in [0.4, 0.5) is 5.82 Å². The molecule has 1 saturated heterocycles. The van der Waals surface area contributed by atoms with Crippen LogP contribution < -0.4 is 15.2 Å². The smallest absolute Gasteiger partial charge is 0.293 e. The molecule has 3 N–H and O–H groups in total. The molecule has 0 radical (unpaired) electrons. The highest BCUT2D eigenvalue weighted by molar-refractivity contribution is 5.77. The number of aromatic nitrogens is 1. The molecule has 0 spiro atoms. The van der Waals surface area contributed by atoms with Crippen molar-refractivity contribution in [2.24, 2.45) is 0 Å². The van der Waals surface area contributed by atoms with E-state index in [4.69, 9.17) is 4.74 Å². The van der Waals surface area contributed by atoms with Gasteiger partial charge in [-0.25, -0.2) is 4.98 Å². The second-order valence-electron chi connectivity index (χ2n) is 9.03. The Labute approximate surface area is 174 Å². The van der Waals surface area contributed by atoms with Crippen LogP contribution in [0.2, 0.25) is 0 Å². The van der Waals surface area contributed by atoms with Crippen molar-refractivity contribution in [3.8, 4) is 6.07 Å². The largest absolute Gasteiger partial charge is 0.370 e. The third kappa shape index (κ3) is 4.71. The number of carbonyl (C=O) groups is 1. The highest BCUT2D eigenvalue weighted by atomic mass is 16.5. The lowest BCUT2D eigenvalue weighted by Crippen LogP contribution is -2.90. The van der Waals surface area contributed by atoms with Crippen LogP contribution in [0.5, 0.6) is 0 Å². The van der Waals surface area contributed by atoms with Crippen molar-refractivity contribution >= 4 is 11.7 Å². The summed E-state index contributed by atoms with van der Waals surface area (Å²) >= 11 is 0. The summed E-state index contributed by atoms with van der Waals surface area (Å²) in [4.78, 5) is 20.1. The minimum atomic E-state index is -0.264. The molecule has 2 aliphatic heterocycles. The number of rotatable bonds is 5. The number of nitriles is 1. The summed E-state index contributed by atoms with van der Waals surface area (Å²) in [5.41, 5.74) is 3.89. The number of anilines is 1. The fourth-order valence-corrected chi connectivity index (χ4v) is 4.17. The van der Waals surface area contributed by atoms with Crippen molar-refractivity contribution in [1.82, 2.24) is 4.90 Å². The number of quaternary nitrogens is 1. The maximum Gasteiger partial charge on any atom is 0.293 e. The zero-order chi connectivity index (χ0) is 21.2. The number of aromatic amines is 1. The Balaban J connectivity index is 1.81. The third-order valence-electron chi connectivity index (χ3n) is 5.92. The predicted molar refractivity (Wildman–Crippen MR) is 110 cm³/mol. The van der Waals surface area contributed by atoms with Crippen LogP contribution in [-0.2, 0) is 29.0 Å². The van der Waals surface area contributed by atoms with Gasteiger partial charge in [0.05, 0.1) is 31.3 Å². The van der Waals surface area contributed by atoms with Crippen LogP contribution in [0.3, 0.4) is 0 Å². The molecular formula is C22H35N5O2+2. The van der Waals surface area contributed by atoms with Crippen molar-refractivity contribution < 1.29 is 19.8 Å². The molecular weight excluding hydrogens is 366 g/mol. The van der Waals surface area contributed by atoms with Crippen LogP contribution in [-0.4, -0.2) is 55.2 Å². The molecule has 0 aromatic carbocycles. The van der Waals surface area contributed by atoms with E-state index in [1.807, 2.05) is 4.90 Å². The first kappa shape index (κ1) is 21.5. The Morgan fingerprint density at radius 2 is 1.97 bits per heavy atom. The van der Waals surface area contributed by atoms with E-state index >= 15 is 0 Å². The maximum absolute atomic E-state index is 12.4. The number of nitrogens with zero attached hydrogens (tertiary/aromatic N) is 3. The van der Waals surface area contributed by atoms with Gasteiger partial charge >= 0.3 is 0 Å². The van der Waals surface area contributed by atoms with Gasteiger partial charge in [-0.05, 0) is 33.3 Å². The van der Waals surface area contributed by atoms with Gasteiger partial charge in [0.15, 0.2) is 6.54 Å². The molecule has 0 saturated carbocycles. The minimum absolute atomic E-state index is 0.196. The second-order valence-corrected chi connectivity index (χ2v) is 9.03. The first-order valence-electron chi connectivity index (χ1n) is 10.8. The molecule has 0 aliphatic carbocycles. The van der Waals surface area contributed by atoms with E-state index in [1.165, 1.54) is 0 Å². The number of nitrogens with two attached hydrogens (primary N) is 1. The van der Waals surface area contributed by atoms with Crippen molar-refractivity contribution in [3.63, 3.8) is 0 Å². The normalized spacial score (nSPS) is 18.5. The van der Waals surface area contributed by atoms with Crippen molar-refractivity contribution in [3.05, 3.63) is 22.4 Å². The van der Waals surface area contributed by atoms with E-state index in [9.17, 15) is 10.1 Å². The molecule has 1 aromatic heterocycles. The van der Waals surface area contributed by atoms with Crippen LogP contribution in [0.25, 0.3) is 0 Å². The fraction of sp³-hybridized carbons (Fsp3) is 0.682. The number of aryl methyl sites for hydroxylation is 1. The zero-order valence-corrected chi connectivity index (χ0v) is 18.5. The first-order valence-corrected chi connectivity index (χ1v) is 10.8. The number of carbonyl (C=O) groups excluding carboxylic acids is 1. The molecule has 29 heavy (non-hydrogen) atoms. The van der Waals surface area contributed by atoms with Gasteiger partial charge in [0.1, 0.15) is 30.4 Å². The van der Waals surface area contributed by atoms with Gasteiger partial charge < -0.3 is 15.0 Å². The third-order valence-corrected chi connectivity index (χ3v) is 5.92. The van der Waals surface area contributed by atoms with Crippen LogP contribution in [0.1, 0.15) is 57.0 Å². The van der Waals surface area contributed by atoms with Gasteiger partial charge in [0, 0.05) is 18.4 Å². The highest BCUT2D eigenvalue weighted by Crippen LogP contribution is 2.34.